The Balaban J connectivity index is 2.44. The highest BCUT2D eigenvalue weighted by Crippen LogP contribution is 2.15. The zero-order valence-corrected chi connectivity index (χ0v) is 7.94. The van der Waals surface area contributed by atoms with Crippen LogP contribution >= 0.6 is 11.6 Å². The Bertz CT molecular complexity index is 441. The minimum atomic E-state index is 0.385. The maximum Gasteiger partial charge on any atom is 0.141 e. The van der Waals surface area contributed by atoms with Crippen LogP contribution < -0.4 is 5.73 Å². The van der Waals surface area contributed by atoms with Crippen LogP contribution in [0.2, 0.25) is 5.15 Å². The van der Waals surface area contributed by atoms with E-state index in [0.717, 1.165) is 0 Å². The molecule has 0 radical (unpaired) electrons. The molecular formula is C9H7ClN4. The van der Waals surface area contributed by atoms with Gasteiger partial charge in [-0.3, -0.25) is 0 Å². The monoisotopic (exact) mass is 206 g/mol. The van der Waals surface area contributed by atoms with Crippen molar-refractivity contribution in [2.75, 3.05) is 5.73 Å². The lowest BCUT2D eigenvalue weighted by Gasteiger charge is -1.99. The lowest BCUT2D eigenvalue weighted by Crippen LogP contribution is -1.93. The van der Waals surface area contributed by atoms with Crippen LogP contribution in [-0.2, 0) is 0 Å². The van der Waals surface area contributed by atoms with Gasteiger partial charge in [0.05, 0.1) is 18.1 Å². The van der Waals surface area contributed by atoms with Crippen LogP contribution in [0.15, 0.2) is 30.6 Å². The van der Waals surface area contributed by atoms with Gasteiger partial charge >= 0.3 is 0 Å². The third kappa shape index (κ3) is 1.80. The number of hydrogen-bond donors (Lipinski definition) is 1. The third-order valence-electron chi connectivity index (χ3n) is 1.65. The molecular weight excluding hydrogens is 200 g/mol. The molecule has 0 saturated carbocycles. The van der Waals surface area contributed by atoms with Crippen molar-refractivity contribution < 1.29 is 0 Å². The predicted octanol–water partition coefficient (Wildman–Crippen LogP) is 1.77. The second-order valence-corrected chi connectivity index (χ2v) is 3.06. The highest BCUT2D eigenvalue weighted by molar-refractivity contribution is 6.29. The number of nitrogens with zero attached hydrogens (tertiary/aromatic N) is 3. The number of hydrogen-bond acceptors (Lipinski definition) is 4. The van der Waals surface area contributed by atoms with Crippen LogP contribution in [0, 0.1) is 0 Å². The first-order valence-electron chi connectivity index (χ1n) is 3.96. The van der Waals surface area contributed by atoms with Gasteiger partial charge in [0.2, 0.25) is 0 Å². The molecule has 0 aliphatic rings. The number of aromatic nitrogens is 3. The highest BCUT2D eigenvalue weighted by atomic mass is 35.5. The van der Waals surface area contributed by atoms with Crippen molar-refractivity contribution in [3.05, 3.63) is 35.7 Å². The van der Waals surface area contributed by atoms with Gasteiger partial charge in [0.1, 0.15) is 16.7 Å². The van der Waals surface area contributed by atoms with Gasteiger partial charge in [-0.05, 0) is 12.1 Å². The minimum Gasteiger partial charge on any atom is -0.382 e. The van der Waals surface area contributed by atoms with Gasteiger partial charge in [-0.1, -0.05) is 17.7 Å². The molecule has 2 rings (SSSR count). The Morgan fingerprint density at radius 3 is 2.57 bits per heavy atom. The minimum absolute atomic E-state index is 0.385. The summed E-state index contributed by atoms with van der Waals surface area (Å²) in [5.74, 6) is 0.385. The standard InChI is InChI=1S/C9H7ClN4/c10-8-3-1-2-6(14-8)7-4-13-9(11)5-12-7/h1-5H,(H2,11,13). The van der Waals surface area contributed by atoms with Gasteiger partial charge in [-0.2, -0.15) is 0 Å². The zero-order chi connectivity index (χ0) is 9.97. The Kier molecular flexibility index (Phi) is 2.28. The van der Waals surface area contributed by atoms with Crippen LogP contribution in [0.25, 0.3) is 11.4 Å². The van der Waals surface area contributed by atoms with Gasteiger partial charge in [0.15, 0.2) is 0 Å². The lowest BCUT2D eigenvalue weighted by molar-refractivity contribution is 1.18. The average Bonchev–Trinajstić information content (AvgIpc) is 2.19. The van der Waals surface area contributed by atoms with E-state index in [1.807, 2.05) is 12.1 Å². The van der Waals surface area contributed by atoms with Crippen molar-refractivity contribution in [3.63, 3.8) is 0 Å². The Morgan fingerprint density at radius 2 is 1.93 bits per heavy atom. The van der Waals surface area contributed by atoms with Gasteiger partial charge in [0, 0.05) is 0 Å². The maximum absolute atomic E-state index is 5.74. The maximum atomic E-state index is 5.74. The first kappa shape index (κ1) is 8.90. The Morgan fingerprint density at radius 1 is 1.07 bits per heavy atom. The van der Waals surface area contributed by atoms with E-state index >= 15 is 0 Å². The second-order valence-electron chi connectivity index (χ2n) is 2.67. The van der Waals surface area contributed by atoms with Gasteiger partial charge in [-0.25, -0.2) is 15.0 Å². The molecule has 0 saturated heterocycles. The first-order chi connectivity index (χ1) is 6.75. The smallest absolute Gasteiger partial charge is 0.141 e. The van der Waals surface area contributed by atoms with Crippen LogP contribution in [0.3, 0.4) is 0 Å². The van der Waals surface area contributed by atoms with E-state index < -0.39 is 0 Å². The number of anilines is 1. The molecule has 0 aliphatic carbocycles. The first-order valence-corrected chi connectivity index (χ1v) is 4.34. The second kappa shape index (κ2) is 3.59. The van der Waals surface area contributed by atoms with Gasteiger partial charge < -0.3 is 5.73 Å². The molecule has 5 heteroatoms. The van der Waals surface area contributed by atoms with Crippen molar-refractivity contribution in [2.45, 2.75) is 0 Å². The summed E-state index contributed by atoms with van der Waals surface area (Å²) in [4.78, 5) is 12.1. The highest BCUT2D eigenvalue weighted by Gasteiger charge is 2.01. The number of rotatable bonds is 1. The Hall–Kier alpha value is -1.68. The summed E-state index contributed by atoms with van der Waals surface area (Å²) in [6.45, 7) is 0. The molecule has 0 amide bonds. The molecule has 14 heavy (non-hydrogen) atoms. The fraction of sp³-hybridized carbons (Fsp3) is 0. The molecule has 0 fully saturated rings. The molecule has 0 bridgehead atoms. The molecule has 0 aromatic carbocycles. The average molecular weight is 207 g/mol. The van der Waals surface area contributed by atoms with E-state index in [9.17, 15) is 0 Å². The van der Waals surface area contributed by atoms with Gasteiger partial charge in [-0.15, -0.1) is 0 Å². The summed E-state index contributed by atoms with van der Waals surface area (Å²) in [6.07, 6.45) is 3.05. The van der Waals surface area contributed by atoms with Gasteiger partial charge in [0.25, 0.3) is 0 Å². The van der Waals surface area contributed by atoms with E-state index in [0.29, 0.717) is 22.4 Å². The third-order valence-corrected chi connectivity index (χ3v) is 1.86. The zero-order valence-electron chi connectivity index (χ0n) is 7.18. The number of nitrogen functional groups attached to an aromatic ring is 1. The predicted molar refractivity (Wildman–Crippen MR) is 54.7 cm³/mol. The van der Waals surface area contributed by atoms with E-state index in [2.05, 4.69) is 15.0 Å². The SMILES string of the molecule is Nc1cnc(-c2cccc(Cl)n2)cn1. The molecule has 0 atom stereocenters. The molecule has 2 aromatic rings. The number of halogens is 1. The van der Waals surface area contributed by atoms with Crippen molar-refractivity contribution in [1.82, 2.24) is 15.0 Å². The molecule has 0 unspecified atom stereocenters. The van der Waals surface area contributed by atoms with Crippen molar-refractivity contribution >= 4 is 17.4 Å². The van der Waals surface area contributed by atoms with Crippen LogP contribution in [0.1, 0.15) is 0 Å². The summed E-state index contributed by atoms with van der Waals surface area (Å²) in [5, 5.41) is 0.432. The number of nitrogens with two attached hydrogens (primary N) is 1. The van der Waals surface area contributed by atoms with Crippen LogP contribution in [0.4, 0.5) is 5.82 Å². The molecule has 2 N–H and O–H groups in total. The van der Waals surface area contributed by atoms with E-state index in [1.54, 1.807) is 12.3 Å². The van der Waals surface area contributed by atoms with Crippen molar-refractivity contribution in [3.8, 4) is 11.4 Å². The molecule has 2 aromatic heterocycles. The Labute approximate surface area is 85.8 Å². The fourth-order valence-corrected chi connectivity index (χ4v) is 1.19. The molecule has 0 aliphatic heterocycles. The summed E-state index contributed by atoms with van der Waals surface area (Å²) in [6, 6.07) is 5.32. The quantitative estimate of drug-likeness (QED) is 0.723. The van der Waals surface area contributed by atoms with Crippen molar-refractivity contribution in [1.29, 1.82) is 0 Å². The molecule has 70 valence electrons. The van der Waals surface area contributed by atoms with E-state index in [4.69, 9.17) is 17.3 Å². The van der Waals surface area contributed by atoms with Crippen molar-refractivity contribution in [2.24, 2.45) is 0 Å². The molecule has 2 heterocycles. The summed E-state index contributed by atoms with van der Waals surface area (Å²) in [7, 11) is 0. The summed E-state index contributed by atoms with van der Waals surface area (Å²) >= 11 is 5.74. The topological polar surface area (TPSA) is 64.7 Å². The normalized spacial score (nSPS) is 10.1. The fourth-order valence-electron chi connectivity index (χ4n) is 1.02. The summed E-state index contributed by atoms with van der Waals surface area (Å²) in [5.41, 5.74) is 6.75. The van der Waals surface area contributed by atoms with E-state index in [1.165, 1.54) is 6.20 Å². The number of pyridine rings is 1. The molecule has 4 nitrogen and oxygen atoms in total. The van der Waals surface area contributed by atoms with Crippen LogP contribution in [0.5, 0.6) is 0 Å². The van der Waals surface area contributed by atoms with Crippen LogP contribution in [-0.4, -0.2) is 15.0 Å². The largest absolute Gasteiger partial charge is 0.382 e. The van der Waals surface area contributed by atoms with E-state index in [-0.39, 0.29) is 0 Å². The summed E-state index contributed by atoms with van der Waals surface area (Å²) < 4.78 is 0. The molecule has 0 spiro atoms. The lowest BCUT2D eigenvalue weighted by atomic mass is 10.3.